The molecule has 0 amide bonds. The highest BCUT2D eigenvalue weighted by Crippen LogP contribution is 2.17. The second kappa shape index (κ2) is 56.7. The molecule has 0 spiro atoms. The van der Waals surface area contributed by atoms with Gasteiger partial charge in [-0.15, -0.1) is 0 Å². The summed E-state index contributed by atoms with van der Waals surface area (Å²) >= 11 is 0. The molecule has 1 unspecified atom stereocenters. The van der Waals surface area contributed by atoms with Gasteiger partial charge >= 0.3 is 17.9 Å². The van der Waals surface area contributed by atoms with E-state index in [1.54, 1.807) is 0 Å². The fourth-order valence-corrected chi connectivity index (χ4v) is 9.21. The summed E-state index contributed by atoms with van der Waals surface area (Å²) in [6.07, 6.45) is 64.9. The Morgan fingerprint density at radius 3 is 0.746 bits per heavy atom. The second-order valence-electron chi connectivity index (χ2n) is 20.6. The first kappa shape index (κ1) is 65.1. The molecule has 0 aliphatic carbocycles. The van der Waals surface area contributed by atoms with Crippen LogP contribution in [0, 0.1) is 0 Å². The molecular formula is C61H116O6. The predicted octanol–water partition coefficient (Wildman–Crippen LogP) is 20.1. The lowest BCUT2D eigenvalue weighted by molar-refractivity contribution is -0.167. The minimum atomic E-state index is -0.766. The average molecular weight is 946 g/mol. The van der Waals surface area contributed by atoms with E-state index in [0.29, 0.717) is 19.3 Å². The molecule has 396 valence electrons. The first-order chi connectivity index (χ1) is 33.0. The van der Waals surface area contributed by atoms with E-state index in [1.807, 2.05) is 0 Å². The molecule has 0 heterocycles. The van der Waals surface area contributed by atoms with E-state index < -0.39 is 6.10 Å². The third-order valence-electron chi connectivity index (χ3n) is 13.8. The molecule has 6 nitrogen and oxygen atoms in total. The van der Waals surface area contributed by atoms with Gasteiger partial charge in [-0.1, -0.05) is 290 Å². The van der Waals surface area contributed by atoms with Crippen LogP contribution in [0.1, 0.15) is 342 Å². The monoisotopic (exact) mass is 945 g/mol. The van der Waals surface area contributed by atoms with Crippen molar-refractivity contribution in [3.8, 4) is 0 Å². The standard InChI is InChI=1S/C61H116O6/c1-4-7-10-13-16-19-22-25-28-30-32-33-36-39-42-45-48-51-54-60(63)66-57-58(56-65-59(62)53-50-47-44-41-38-35-27-24-21-18-15-12-9-6-3)67-61(64)55-52-49-46-43-40-37-34-31-29-26-23-20-17-14-11-8-5-2/h28,30,58H,4-27,29,31-57H2,1-3H3/b30-28-. The number of rotatable bonds is 56. The van der Waals surface area contributed by atoms with Crippen molar-refractivity contribution in [3.63, 3.8) is 0 Å². The Labute approximate surface area is 418 Å². The number of carbonyl (C=O) groups excluding carboxylic acids is 3. The summed E-state index contributed by atoms with van der Waals surface area (Å²) in [5.74, 6) is -0.842. The molecule has 0 aromatic heterocycles. The maximum Gasteiger partial charge on any atom is 0.306 e. The fourth-order valence-electron chi connectivity index (χ4n) is 9.21. The van der Waals surface area contributed by atoms with E-state index in [9.17, 15) is 14.4 Å². The lowest BCUT2D eigenvalue weighted by Gasteiger charge is -2.18. The molecular weight excluding hydrogens is 829 g/mol. The average Bonchev–Trinajstić information content (AvgIpc) is 3.33. The van der Waals surface area contributed by atoms with E-state index in [4.69, 9.17) is 14.2 Å². The fraction of sp³-hybridized carbons (Fsp3) is 0.918. The van der Waals surface area contributed by atoms with Crippen LogP contribution in [0.5, 0.6) is 0 Å². The van der Waals surface area contributed by atoms with Crippen LogP contribution in [-0.2, 0) is 28.6 Å². The quantitative estimate of drug-likeness (QED) is 0.0262. The van der Waals surface area contributed by atoms with Crippen LogP contribution in [0.4, 0.5) is 0 Å². The van der Waals surface area contributed by atoms with Crippen molar-refractivity contribution < 1.29 is 28.6 Å². The van der Waals surface area contributed by atoms with Crippen molar-refractivity contribution in [2.75, 3.05) is 13.2 Å². The largest absolute Gasteiger partial charge is 0.462 e. The minimum absolute atomic E-state index is 0.0650. The van der Waals surface area contributed by atoms with Gasteiger partial charge in [0.15, 0.2) is 6.10 Å². The Hall–Kier alpha value is -1.85. The summed E-state index contributed by atoms with van der Waals surface area (Å²) < 4.78 is 16.9. The van der Waals surface area contributed by atoms with Crippen LogP contribution in [-0.4, -0.2) is 37.2 Å². The molecule has 67 heavy (non-hydrogen) atoms. The lowest BCUT2D eigenvalue weighted by Crippen LogP contribution is -2.30. The van der Waals surface area contributed by atoms with E-state index >= 15 is 0 Å². The Morgan fingerprint density at radius 2 is 0.493 bits per heavy atom. The van der Waals surface area contributed by atoms with Crippen molar-refractivity contribution in [1.82, 2.24) is 0 Å². The summed E-state index contributed by atoms with van der Waals surface area (Å²) in [6.45, 7) is 6.70. The number of carbonyl (C=O) groups is 3. The highest BCUT2D eigenvalue weighted by molar-refractivity contribution is 5.71. The van der Waals surface area contributed by atoms with E-state index in [1.165, 1.54) is 244 Å². The van der Waals surface area contributed by atoms with Gasteiger partial charge < -0.3 is 14.2 Å². The molecule has 0 rings (SSSR count). The van der Waals surface area contributed by atoms with Gasteiger partial charge in [-0.25, -0.2) is 0 Å². The van der Waals surface area contributed by atoms with E-state index in [2.05, 4.69) is 32.9 Å². The molecule has 6 heteroatoms. The first-order valence-corrected chi connectivity index (χ1v) is 30.2. The Kier molecular flexibility index (Phi) is 55.2. The Morgan fingerprint density at radius 1 is 0.284 bits per heavy atom. The summed E-state index contributed by atoms with van der Waals surface area (Å²) in [4.78, 5) is 38.2. The minimum Gasteiger partial charge on any atom is -0.462 e. The van der Waals surface area contributed by atoms with Gasteiger partial charge in [0.25, 0.3) is 0 Å². The summed E-state index contributed by atoms with van der Waals surface area (Å²) in [5, 5.41) is 0. The zero-order valence-electron chi connectivity index (χ0n) is 45.5. The SMILES string of the molecule is CCCCCCCCC/C=C\CCCCCCCCCC(=O)OCC(COC(=O)CCCCCCCCCCCCCCCC)OC(=O)CCCCCCCCCCCCCCCCCCC. The van der Waals surface area contributed by atoms with Crippen LogP contribution in [0.25, 0.3) is 0 Å². The zero-order valence-corrected chi connectivity index (χ0v) is 45.5. The Bertz CT molecular complexity index is 1040. The number of unbranched alkanes of at least 4 members (excludes halogenated alkanes) is 43. The lowest BCUT2D eigenvalue weighted by atomic mass is 10.0. The van der Waals surface area contributed by atoms with E-state index in [-0.39, 0.29) is 31.1 Å². The van der Waals surface area contributed by atoms with Crippen molar-refractivity contribution in [1.29, 1.82) is 0 Å². The zero-order chi connectivity index (χ0) is 48.6. The molecule has 0 aliphatic rings. The third kappa shape index (κ3) is 55.0. The van der Waals surface area contributed by atoms with Crippen LogP contribution in [0.2, 0.25) is 0 Å². The van der Waals surface area contributed by atoms with Gasteiger partial charge in [0.1, 0.15) is 13.2 Å². The van der Waals surface area contributed by atoms with Crippen molar-refractivity contribution in [2.45, 2.75) is 348 Å². The number of esters is 3. The van der Waals surface area contributed by atoms with Gasteiger partial charge in [-0.05, 0) is 44.9 Å². The van der Waals surface area contributed by atoms with Crippen molar-refractivity contribution in [2.24, 2.45) is 0 Å². The topological polar surface area (TPSA) is 78.9 Å². The van der Waals surface area contributed by atoms with Crippen molar-refractivity contribution in [3.05, 3.63) is 12.2 Å². The molecule has 0 N–H and O–H groups in total. The molecule has 0 saturated heterocycles. The Balaban J connectivity index is 4.31. The molecule has 1 atom stereocenters. The predicted molar refractivity (Wildman–Crippen MR) is 289 cm³/mol. The number of allylic oxidation sites excluding steroid dienone is 2. The summed E-state index contributed by atoms with van der Waals surface area (Å²) in [5.41, 5.74) is 0. The van der Waals surface area contributed by atoms with Gasteiger partial charge in [-0.2, -0.15) is 0 Å². The normalized spacial score (nSPS) is 12.0. The second-order valence-corrected chi connectivity index (χ2v) is 20.6. The highest BCUT2D eigenvalue weighted by Gasteiger charge is 2.19. The molecule has 0 aromatic rings. The van der Waals surface area contributed by atoms with Crippen LogP contribution in [0.3, 0.4) is 0 Å². The van der Waals surface area contributed by atoms with E-state index in [0.717, 1.165) is 57.8 Å². The first-order valence-electron chi connectivity index (χ1n) is 30.2. The summed E-state index contributed by atoms with van der Waals surface area (Å²) in [7, 11) is 0. The third-order valence-corrected chi connectivity index (χ3v) is 13.8. The maximum absolute atomic E-state index is 12.9. The van der Waals surface area contributed by atoms with Crippen LogP contribution in [0.15, 0.2) is 12.2 Å². The molecule has 0 saturated carbocycles. The van der Waals surface area contributed by atoms with Gasteiger partial charge in [0.05, 0.1) is 0 Å². The molecule has 0 aromatic carbocycles. The van der Waals surface area contributed by atoms with Gasteiger partial charge in [-0.3, -0.25) is 14.4 Å². The van der Waals surface area contributed by atoms with Crippen LogP contribution >= 0.6 is 0 Å². The summed E-state index contributed by atoms with van der Waals surface area (Å²) in [6, 6.07) is 0. The molecule has 0 radical (unpaired) electrons. The van der Waals surface area contributed by atoms with Gasteiger partial charge in [0.2, 0.25) is 0 Å². The molecule has 0 aliphatic heterocycles. The smallest absolute Gasteiger partial charge is 0.306 e. The highest BCUT2D eigenvalue weighted by atomic mass is 16.6. The van der Waals surface area contributed by atoms with Crippen molar-refractivity contribution >= 4 is 17.9 Å². The van der Waals surface area contributed by atoms with Gasteiger partial charge in [0, 0.05) is 19.3 Å². The number of hydrogen-bond acceptors (Lipinski definition) is 6. The number of hydrogen-bond donors (Lipinski definition) is 0. The molecule has 0 bridgehead atoms. The van der Waals surface area contributed by atoms with Crippen LogP contribution < -0.4 is 0 Å². The maximum atomic E-state index is 12.9. The number of ether oxygens (including phenoxy) is 3. The molecule has 0 fully saturated rings.